The van der Waals surface area contributed by atoms with E-state index < -0.39 is 0 Å². The van der Waals surface area contributed by atoms with Crippen molar-refractivity contribution >= 4 is 27.3 Å². The fourth-order valence-electron chi connectivity index (χ4n) is 1.44. The monoisotopic (exact) mass is 315 g/mol. The van der Waals surface area contributed by atoms with Crippen LogP contribution in [0.4, 0.5) is 0 Å². The number of hydrogen-bond donors (Lipinski definition) is 1. The zero-order valence-electron chi connectivity index (χ0n) is 9.79. The summed E-state index contributed by atoms with van der Waals surface area (Å²) in [5.74, 6) is 1.32. The Kier molecular flexibility index (Phi) is 4.31. The molecule has 0 amide bonds. The first-order valence-electron chi connectivity index (χ1n) is 5.44. The van der Waals surface area contributed by atoms with Gasteiger partial charge in [0.15, 0.2) is 0 Å². The second kappa shape index (κ2) is 5.75. The molecule has 0 spiro atoms. The summed E-state index contributed by atoms with van der Waals surface area (Å²) in [6.45, 7) is 3.01. The van der Waals surface area contributed by atoms with Crippen LogP contribution in [0.25, 0.3) is 10.8 Å². The Labute approximate surface area is 113 Å². The first-order valence-corrected chi connectivity index (χ1v) is 7.05. The molecule has 0 saturated carbocycles. The van der Waals surface area contributed by atoms with Crippen LogP contribution >= 0.6 is 27.3 Å². The van der Waals surface area contributed by atoms with Crippen LogP contribution < -0.4 is 5.32 Å². The van der Waals surface area contributed by atoms with Gasteiger partial charge < -0.3 is 9.73 Å². The number of halogens is 1. The fourth-order valence-corrected chi connectivity index (χ4v) is 2.89. The molecule has 0 bridgehead atoms. The number of nitrogens with zero attached hydrogens (tertiary/aromatic N) is 2. The highest BCUT2D eigenvalue weighted by Gasteiger charge is 2.12. The molecule has 92 valence electrons. The van der Waals surface area contributed by atoms with Gasteiger partial charge in [0, 0.05) is 6.42 Å². The zero-order valence-corrected chi connectivity index (χ0v) is 12.2. The molecular formula is C11H14BrN3OS. The summed E-state index contributed by atoms with van der Waals surface area (Å²) in [7, 11) is 1.94. The van der Waals surface area contributed by atoms with Crippen LogP contribution in [0.5, 0.6) is 0 Å². The van der Waals surface area contributed by atoms with Gasteiger partial charge in [0.05, 0.1) is 8.66 Å². The maximum Gasteiger partial charge on any atom is 0.257 e. The summed E-state index contributed by atoms with van der Waals surface area (Å²) in [4.78, 5) is 1.02. The minimum absolute atomic E-state index is 0.614. The normalized spacial score (nSPS) is 11.0. The highest BCUT2D eigenvalue weighted by atomic mass is 79.9. The van der Waals surface area contributed by atoms with Crippen LogP contribution in [-0.2, 0) is 6.42 Å². The van der Waals surface area contributed by atoms with Gasteiger partial charge in [-0.05, 0) is 54.5 Å². The highest BCUT2D eigenvalue weighted by molar-refractivity contribution is 9.11. The summed E-state index contributed by atoms with van der Waals surface area (Å²) in [5.41, 5.74) is 1.19. The molecule has 0 aliphatic rings. The van der Waals surface area contributed by atoms with Crippen LogP contribution in [0, 0.1) is 6.92 Å². The second-order valence-corrected chi connectivity index (χ2v) is 6.15. The molecule has 0 aliphatic heterocycles. The quantitative estimate of drug-likeness (QED) is 0.862. The molecular weight excluding hydrogens is 302 g/mol. The first kappa shape index (κ1) is 12.7. The van der Waals surface area contributed by atoms with Gasteiger partial charge in [-0.3, -0.25) is 0 Å². The van der Waals surface area contributed by atoms with E-state index in [-0.39, 0.29) is 0 Å². The van der Waals surface area contributed by atoms with E-state index in [1.165, 1.54) is 5.56 Å². The van der Waals surface area contributed by atoms with E-state index in [9.17, 15) is 0 Å². The Morgan fingerprint density at radius 1 is 1.47 bits per heavy atom. The molecule has 6 heteroatoms. The molecule has 2 rings (SSSR count). The fraction of sp³-hybridized carbons (Fsp3) is 0.455. The van der Waals surface area contributed by atoms with Crippen LogP contribution in [0.2, 0.25) is 0 Å². The molecule has 0 unspecified atom stereocenters. The average molecular weight is 316 g/mol. The maximum atomic E-state index is 5.62. The van der Waals surface area contributed by atoms with Gasteiger partial charge in [-0.2, -0.15) is 0 Å². The Balaban J connectivity index is 2.07. The highest BCUT2D eigenvalue weighted by Crippen LogP contribution is 2.33. The van der Waals surface area contributed by atoms with Crippen molar-refractivity contribution in [3.8, 4) is 10.8 Å². The van der Waals surface area contributed by atoms with Gasteiger partial charge in [0.25, 0.3) is 5.89 Å². The van der Waals surface area contributed by atoms with E-state index in [1.807, 2.05) is 14.0 Å². The molecule has 17 heavy (non-hydrogen) atoms. The molecule has 0 aromatic carbocycles. The van der Waals surface area contributed by atoms with E-state index >= 15 is 0 Å². The standard InChI is InChI=1S/C11H14BrN3OS/c1-7-6-8(17-10(7)12)11-15-14-9(16-11)4-3-5-13-2/h6,13H,3-5H2,1-2H3. The summed E-state index contributed by atoms with van der Waals surface area (Å²) >= 11 is 5.11. The first-order chi connectivity index (χ1) is 8.20. The molecule has 2 aromatic rings. The number of aryl methyl sites for hydroxylation is 2. The maximum absolute atomic E-state index is 5.62. The number of hydrogen-bond acceptors (Lipinski definition) is 5. The summed E-state index contributed by atoms with van der Waals surface area (Å²) in [6, 6.07) is 2.06. The Morgan fingerprint density at radius 3 is 2.94 bits per heavy atom. The molecule has 1 N–H and O–H groups in total. The van der Waals surface area contributed by atoms with Crippen LogP contribution in [0.1, 0.15) is 17.9 Å². The minimum Gasteiger partial charge on any atom is -0.420 e. The number of thiophene rings is 1. The number of rotatable bonds is 5. The Bertz CT molecular complexity index is 475. The molecule has 0 fully saturated rings. The molecule has 4 nitrogen and oxygen atoms in total. The van der Waals surface area contributed by atoms with Crippen LogP contribution in [0.3, 0.4) is 0 Å². The topological polar surface area (TPSA) is 51.0 Å². The molecule has 0 atom stereocenters. The van der Waals surface area contributed by atoms with Crippen LogP contribution in [-0.4, -0.2) is 23.8 Å². The van der Waals surface area contributed by atoms with E-state index in [2.05, 4.69) is 37.5 Å². The average Bonchev–Trinajstić information content (AvgIpc) is 2.88. The molecule has 2 heterocycles. The minimum atomic E-state index is 0.614. The summed E-state index contributed by atoms with van der Waals surface area (Å²) in [6.07, 6.45) is 1.82. The summed E-state index contributed by atoms with van der Waals surface area (Å²) in [5, 5.41) is 11.2. The zero-order chi connectivity index (χ0) is 12.3. The van der Waals surface area contributed by atoms with Crippen molar-refractivity contribution in [1.82, 2.24) is 15.5 Å². The third-order valence-electron chi connectivity index (χ3n) is 2.35. The van der Waals surface area contributed by atoms with E-state index in [0.29, 0.717) is 11.8 Å². The number of nitrogens with one attached hydrogen (secondary N) is 1. The molecule has 0 radical (unpaired) electrons. The lowest BCUT2D eigenvalue weighted by atomic mass is 10.3. The van der Waals surface area contributed by atoms with Crippen molar-refractivity contribution in [2.24, 2.45) is 0 Å². The van der Waals surface area contributed by atoms with Crippen molar-refractivity contribution in [2.45, 2.75) is 19.8 Å². The van der Waals surface area contributed by atoms with Crippen molar-refractivity contribution < 1.29 is 4.42 Å². The van der Waals surface area contributed by atoms with E-state index in [0.717, 1.165) is 28.0 Å². The van der Waals surface area contributed by atoms with Gasteiger partial charge in [-0.15, -0.1) is 21.5 Å². The number of aromatic nitrogens is 2. The third-order valence-corrected chi connectivity index (χ3v) is 4.48. The van der Waals surface area contributed by atoms with Gasteiger partial charge >= 0.3 is 0 Å². The second-order valence-electron chi connectivity index (χ2n) is 3.78. The van der Waals surface area contributed by atoms with Gasteiger partial charge in [-0.1, -0.05) is 0 Å². The largest absolute Gasteiger partial charge is 0.420 e. The predicted octanol–water partition coefficient (Wildman–Crippen LogP) is 3.02. The van der Waals surface area contributed by atoms with Crippen molar-refractivity contribution in [2.75, 3.05) is 13.6 Å². The van der Waals surface area contributed by atoms with Crippen LogP contribution in [0.15, 0.2) is 14.3 Å². The lowest BCUT2D eigenvalue weighted by Crippen LogP contribution is -2.08. The van der Waals surface area contributed by atoms with Crippen molar-refractivity contribution in [1.29, 1.82) is 0 Å². The van der Waals surface area contributed by atoms with Crippen molar-refractivity contribution in [3.05, 3.63) is 21.3 Å². The summed E-state index contributed by atoms with van der Waals surface area (Å²) < 4.78 is 6.74. The third kappa shape index (κ3) is 3.14. The van der Waals surface area contributed by atoms with E-state index in [4.69, 9.17) is 4.42 Å². The molecule has 0 saturated heterocycles. The van der Waals surface area contributed by atoms with Gasteiger partial charge in [-0.25, -0.2) is 0 Å². The SMILES string of the molecule is CNCCCc1nnc(-c2cc(C)c(Br)s2)o1. The lowest BCUT2D eigenvalue weighted by Gasteiger charge is -1.94. The predicted molar refractivity (Wildman–Crippen MR) is 72.3 cm³/mol. The smallest absolute Gasteiger partial charge is 0.257 e. The van der Waals surface area contributed by atoms with Gasteiger partial charge in [0.1, 0.15) is 0 Å². The van der Waals surface area contributed by atoms with Crippen molar-refractivity contribution in [3.63, 3.8) is 0 Å². The van der Waals surface area contributed by atoms with E-state index in [1.54, 1.807) is 11.3 Å². The molecule has 0 aliphatic carbocycles. The lowest BCUT2D eigenvalue weighted by molar-refractivity contribution is 0.495. The van der Waals surface area contributed by atoms with Gasteiger partial charge in [0.2, 0.25) is 5.89 Å². The Morgan fingerprint density at radius 2 is 2.29 bits per heavy atom. The molecule has 2 aromatic heterocycles. The Hall–Kier alpha value is -0.720.